The van der Waals surface area contributed by atoms with Crippen molar-refractivity contribution in [2.24, 2.45) is 5.92 Å². The number of esters is 1. The number of nitrogens with two attached hydrogens (primary N) is 1. The zero-order chi connectivity index (χ0) is 41.5. The average molecular weight is 807 g/mol. The molecule has 0 unspecified atom stereocenters. The minimum Gasteiger partial charge on any atom is -0.495 e. The Labute approximate surface area is 327 Å². The number of carbonyl (C=O) groups excluding carboxylic acids is 4. The van der Waals surface area contributed by atoms with Gasteiger partial charge in [0.25, 0.3) is 5.91 Å². The first-order valence-corrected chi connectivity index (χ1v) is 18.2. The molecule has 4 bridgehead atoms. The maximum Gasteiger partial charge on any atom is 0.417 e. The highest BCUT2D eigenvalue weighted by Crippen LogP contribution is 2.49. The van der Waals surface area contributed by atoms with Gasteiger partial charge in [0.15, 0.2) is 0 Å². The van der Waals surface area contributed by atoms with Crippen LogP contribution in [0.25, 0.3) is 0 Å². The molecule has 0 radical (unpaired) electrons. The number of methoxy groups -OCH3 is 1. The third-order valence-corrected chi connectivity index (χ3v) is 11.0. The van der Waals surface area contributed by atoms with Gasteiger partial charge in [-0.25, -0.2) is 9.59 Å². The Morgan fingerprint density at radius 3 is 2.57 bits per heavy atom. The smallest absolute Gasteiger partial charge is 0.417 e. The van der Waals surface area contributed by atoms with Crippen LogP contribution < -0.4 is 20.7 Å². The van der Waals surface area contributed by atoms with Crippen LogP contribution in [0.15, 0.2) is 54.1 Å². The van der Waals surface area contributed by atoms with E-state index in [2.05, 4.69) is 5.32 Å². The Hall–Kier alpha value is -4.80. The summed E-state index contributed by atoms with van der Waals surface area (Å²) in [6, 6.07) is 4.74. The van der Waals surface area contributed by atoms with Crippen molar-refractivity contribution in [3.63, 3.8) is 0 Å². The fourth-order valence-corrected chi connectivity index (χ4v) is 7.39. The van der Waals surface area contributed by atoms with Crippen molar-refractivity contribution < 1.29 is 56.4 Å². The summed E-state index contributed by atoms with van der Waals surface area (Å²) in [5.74, 6) is -3.00. The summed E-state index contributed by atoms with van der Waals surface area (Å²) >= 11 is 6.71. The lowest BCUT2D eigenvalue weighted by atomic mass is 9.84. The van der Waals surface area contributed by atoms with Crippen LogP contribution >= 0.6 is 11.6 Å². The first kappa shape index (κ1) is 42.3. The lowest BCUT2D eigenvalue weighted by Crippen LogP contribution is -2.57. The van der Waals surface area contributed by atoms with E-state index in [1.807, 2.05) is 13.0 Å². The normalized spacial score (nSPS) is 29.1. The quantitative estimate of drug-likeness (QED) is 0.190. The van der Waals surface area contributed by atoms with Gasteiger partial charge in [-0.15, -0.1) is 0 Å². The lowest BCUT2D eigenvalue weighted by Gasteiger charge is -2.39. The fourth-order valence-electron chi connectivity index (χ4n) is 7.08. The highest BCUT2D eigenvalue weighted by Gasteiger charge is 2.64. The van der Waals surface area contributed by atoms with Gasteiger partial charge in [0.1, 0.15) is 40.3 Å². The summed E-state index contributed by atoms with van der Waals surface area (Å²) < 4.78 is 64.9. The minimum atomic E-state index is -4.92. The first-order chi connectivity index (χ1) is 26.1. The number of hydrogen-bond acceptors (Lipinski definition) is 10. The molecule has 13 nitrogen and oxygen atoms in total. The standard InChI is InChI=1S/C39H46ClF3N4O9/c1-20-10-8-9-13-38(52)19-29(54-36(51)45-38)21(2)33-37(4,56-33)30(18-31(48)47(6)27-15-23(14-20)16-28(53-7)32(27)40)55-35(50)22(3)46(5)34(49)25-12-11-24(44)17-26(25)39(41,42)43/h8-12,15-17,21-22,29-30,33,52H,13-14,18-19,44H2,1-7H3,(H,45,51)/b9-8+,20-10+/t21-,22+,29+,30+,33+,37+,38-/m1/s1. The molecule has 0 aromatic heterocycles. The molecule has 7 atom stereocenters. The summed E-state index contributed by atoms with van der Waals surface area (Å²) in [5.41, 5.74) is 2.32. The van der Waals surface area contributed by atoms with E-state index in [1.165, 1.54) is 26.0 Å². The number of fused-ring (bicyclic) bond motifs is 5. The predicted octanol–water partition coefficient (Wildman–Crippen LogP) is 5.80. The number of carbonyl (C=O) groups is 4. The maximum atomic E-state index is 14.1. The number of aliphatic hydroxyl groups is 1. The van der Waals surface area contributed by atoms with Crippen LogP contribution in [0, 0.1) is 5.92 Å². The molecule has 0 spiro atoms. The number of allylic oxidation sites excluding steroid dienone is 3. The molecule has 0 aliphatic carbocycles. The SMILES string of the molecule is COc1cc2cc(c1Cl)N(C)C(=O)C[C@H](OC(=O)[C@H](C)N(C)C(=O)c1ccc(N)cc1C(F)(F)F)[C@]1(C)O[C@H]1[C@H](C)[C@@H]1C[C@](O)(C/C=C/C=C(\C)C2)NC(=O)O1. The van der Waals surface area contributed by atoms with Crippen molar-refractivity contribution in [1.82, 2.24) is 10.2 Å². The Bertz CT molecular complexity index is 1960. The van der Waals surface area contributed by atoms with E-state index in [0.717, 1.165) is 35.2 Å². The zero-order valence-electron chi connectivity index (χ0n) is 32.0. The molecule has 2 aromatic rings. The highest BCUT2D eigenvalue weighted by atomic mass is 35.5. The molecular formula is C39H46ClF3N4O9. The number of nitrogens with one attached hydrogen (secondary N) is 1. The third kappa shape index (κ3) is 8.92. The van der Waals surface area contributed by atoms with E-state index >= 15 is 0 Å². The minimum absolute atomic E-state index is 0.0197. The van der Waals surface area contributed by atoms with Crippen LogP contribution in [0.3, 0.4) is 0 Å². The topological polar surface area (TPSA) is 173 Å². The second-order valence-corrected chi connectivity index (χ2v) is 15.2. The summed E-state index contributed by atoms with van der Waals surface area (Å²) in [6.07, 6.45) is -3.38. The van der Waals surface area contributed by atoms with Gasteiger partial charge in [-0.05, 0) is 63.1 Å². The molecule has 3 aliphatic rings. The van der Waals surface area contributed by atoms with Crippen LogP contribution in [-0.4, -0.2) is 90.8 Å². The zero-order valence-corrected chi connectivity index (χ0v) is 32.8. The maximum absolute atomic E-state index is 14.1. The fraction of sp³-hybridized carbons (Fsp3) is 0.487. The van der Waals surface area contributed by atoms with E-state index in [-0.39, 0.29) is 23.6 Å². The second-order valence-electron chi connectivity index (χ2n) is 14.8. The lowest BCUT2D eigenvalue weighted by molar-refractivity contribution is -0.158. The molecule has 2 aromatic carbocycles. The van der Waals surface area contributed by atoms with Gasteiger partial charge in [-0.1, -0.05) is 42.3 Å². The number of likely N-dealkylation sites (N-methyl/N-ethyl adjacent to an activating group) is 1. The van der Waals surface area contributed by atoms with E-state index < -0.39 is 89.2 Å². The van der Waals surface area contributed by atoms with Crippen molar-refractivity contribution in [1.29, 1.82) is 0 Å². The van der Waals surface area contributed by atoms with Crippen molar-refractivity contribution in [3.8, 4) is 5.75 Å². The van der Waals surface area contributed by atoms with Crippen LogP contribution in [-0.2, 0) is 36.4 Å². The molecule has 56 heavy (non-hydrogen) atoms. The van der Waals surface area contributed by atoms with Crippen molar-refractivity contribution in [2.45, 2.75) is 95.2 Å². The summed E-state index contributed by atoms with van der Waals surface area (Å²) in [5, 5.41) is 14.0. The van der Waals surface area contributed by atoms with E-state index in [1.54, 1.807) is 38.1 Å². The van der Waals surface area contributed by atoms with Gasteiger partial charge >= 0.3 is 18.2 Å². The summed E-state index contributed by atoms with van der Waals surface area (Å²) in [7, 11) is 4.08. The molecule has 17 heteroatoms. The number of ether oxygens (including phenoxy) is 4. The van der Waals surface area contributed by atoms with Crippen molar-refractivity contribution >= 4 is 46.9 Å². The average Bonchev–Trinajstić information content (AvgIpc) is 3.83. The Kier molecular flexibility index (Phi) is 12.1. The Balaban J connectivity index is 1.50. The highest BCUT2D eigenvalue weighted by molar-refractivity contribution is 6.35. The number of alkyl halides is 3. The summed E-state index contributed by atoms with van der Waals surface area (Å²) in [6.45, 7) is 6.51. The molecule has 3 heterocycles. The van der Waals surface area contributed by atoms with E-state index in [0.29, 0.717) is 23.9 Å². The largest absolute Gasteiger partial charge is 0.495 e. The number of epoxide rings is 1. The number of anilines is 2. The van der Waals surface area contributed by atoms with Gasteiger partial charge in [0.2, 0.25) is 5.91 Å². The van der Waals surface area contributed by atoms with Gasteiger partial charge in [0.05, 0.1) is 36.4 Å². The predicted molar refractivity (Wildman–Crippen MR) is 200 cm³/mol. The van der Waals surface area contributed by atoms with Crippen LogP contribution in [0.5, 0.6) is 5.75 Å². The molecule has 3 amide bonds. The van der Waals surface area contributed by atoms with Gasteiger partial charge in [0, 0.05) is 38.5 Å². The Morgan fingerprint density at radius 1 is 1.21 bits per heavy atom. The monoisotopic (exact) mass is 806 g/mol. The molecule has 0 saturated carbocycles. The number of hydrogen-bond donors (Lipinski definition) is 3. The number of benzene rings is 2. The molecule has 2 fully saturated rings. The van der Waals surface area contributed by atoms with Crippen molar-refractivity contribution in [2.75, 3.05) is 31.8 Å². The molecule has 2 saturated heterocycles. The van der Waals surface area contributed by atoms with Crippen molar-refractivity contribution in [3.05, 3.63) is 75.8 Å². The molecule has 4 N–H and O–H groups in total. The Morgan fingerprint density at radius 2 is 1.91 bits per heavy atom. The van der Waals surface area contributed by atoms with E-state index in [4.69, 9.17) is 36.3 Å². The van der Waals surface area contributed by atoms with Crippen LogP contribution in [0.4, 0.5) is 29.3 Å². The number of halogens is 4. The van der Waals surface area contributed by atoms with Gasteiger partial charge in [-0.3, -0.25) is 14.9 Å². The second kappa shape index (κ2) is 16.0. The number of alkyl carbamates (subject to hydrolysis) is 1. The van der Waals surface area contributed by atoms with Crippen LogP contribution in [0.2, 0.25) is 5.02 Å². The van der Waals surface area contributed by atoms with Gasteiger partial charge < -0.3 is 39.6 Å². The molecule has 304 valence electrons. The molecule has 5 rings (SSSR count). The number of nitrogen functional groups attached to an aromatic ring is 1. The van der Waals surface area contributed by atoms with E-state index in [9.17, 15) is 37.5 Å². The first-order valence-electron chi connectivity index (χ1n) is 17.9. The van der Waals surface area contributed by atoms with Crippen LogP contribution in [0.1, 0.15) is 68.4 Å². The molecular weight excluding hydrogens is 761 g/mol. The van der Waals surface area contributed by atoms with Gasteiger partial charge in [-0.2, -0.15) is 13.2 Å². The number of amides is 3. The number of rotatable bonds is 5. The molecule has 3 aliphatic heterocycles. The number of nitrogens with zero attached hydrogens (tertiary/aromatic N) is 2. The summed E-state index contributed by atoms with van der Waals surface area (Å²) in [4.78, 5) is 56.1. The third-order valence-electron chi connectivity index (χ3n) is 10.7.